The van der Waals surface area contributed by atoms with Crippen LogP contribution in [0.15, 0.2) is 53.6 Å². The molecular formula is C13H11N3O3. The number of hydrogen-bond acceptors (Lipinski definition) is 4. The fraction of sp³-hybridized carbons (Fsp3) is 0.0769. The molecule has 0 unspecified atom stereocenters. The van der Waals surface area contributed by atoms with Gasteiger partial charge in [0.25, 0.3) is 5.69 Å². The molecule has 2 aromatic rings. The number of nitrogens with zero attached hydrogens (tertiary/aromatic N) is 3. The zero-order valence-corrected chi connectivity index (χ0v) is 10.2. The molecule has 0 radical (unpaired) electrons. The summed E-state index contributed by atoms with van der Waals surface area (Å²) in [5, 5.41) is 26.3. The molecule has 0 saturated carbocycles. The van der Waals surface area contributed by atoms with Crippen molar-refractivity contribution in [2.75, 3.05) is 0 Å². The lowest BCUT2D eigenvalue weighted by atomic mass is 10.2. The Labute approximate surface area is 109 Å². The van der Waals surface area contributed by atoms with Gasteiger partial charge in [0.15, 0.2) is 0 Å². The van der Waals surface area contributed by atoms with Crippen LogP contribution in [-0.2, 0) is 0 Å². The molecule has 0 aromatic heterocycles. The van der Waals surface area contributed by atoms with Crippen molar-refractivity contribution in [3.05, 3.63) is 69.4 Å². The fourth-order valence-electron chi connectivity index (χ4n) is 1.57. The minimum absolute atomic E-state index is 0.0530. The van der Waals surface area contributed by atoms with Gasteiger partial charge in [-0.2, -0.15) is 0 Å². The highest BCUT2D eigenvalue weighted by molar-refractivity contribution is 5.51. The second kappa shape index (κ2) is 5.26. The Bertz CT molecular complexity index is 639. The Morgan fingerprint density at radius 3 is 2.37 bits per heavy atom. The fourth-order valence-corrected chi connectivity index (χ4v) is 1.57. The largest absolute Gasteiger partial charge is 0.594 e. The van der Waals surface area contributed by atoms with Crippen molar-refractivity contribution in [2.45, 2.75) is 6.92 Å². The summed E-state index contributed by atoms with van der Waals surface area (Å²) in [5.74, 6) is 0. The first-order valence-corrected chi connectivity index (χ1v) is 5.57. The monoisotopic (exact) mass is 257 g/mol. The zero-order valence-electron chi connectivity index (χ0n) is 10.2. The molecule has 0 aliphatic heterocycles. The van der Waals surface area contributed by atoms with Crippen LogP contribution in [-0.4, -0.2) is 9.78 Å². The molecule has 96 valence electrons. The van der Waals surface area contributed by atoms with E-state index in [4.69, 9.17) is 0 Å². The number of para-hydroxylation sites is 1. The summed E-state index contributed by atoms with van der Waals surface area (Å²) in [4.78, 5) is 10.7. The van der Waals surface area contributed by atoms with Gasteiger partial charge in [-0.25, -0.2) is 0 Å². The summed E-state index contributed by atoms with van der Waals surface area (Å²) in [5.41, 5.74) is 1.09. The van der Waals surface area contributed by atoms with E-state index in [1.54, 1.807) is 49.4 Å². The van der Waals surface area contributed by atoms with Crippen LogP contribution in [0.25, 0.3) is 0 Å². The summed E-state index contributed by atoms with van der Waals surface area (Å²) in [7, 11) is 0. The molecule has 6 nitrogen and oxygen atoms in total. The van der Waals surface area contributed by atoms with Gasteiger partial charge in [0, 0.05) is 28.9 Å². The number of nitro groups is 1. The van der Waals surface area contributed by atoms with Gasteiger partial charge in [-0.3, -0.25) is 10.1 Å². The van der Waals surface area contributed by atoms with Crippen LogP contribution in [0.4, 0.5) is 17.1 Å². The Morgan fingerprint density at radius 1 is 1.05 bits per heavy atom. The Balaban J connectivity index is 2.38. The molecule has 0 aliphatic carbocycles. The standard InChI is InChI=1S/C13H11N3O3/c1-10-7-8-11(9-13(10)16(18)19)14-15(17)12-5-3-2-4-6-12/h2-9H,1H3. The maximum absolute atomic E-state index is 11.8. The molecule has 0 N–H and O–H groups in total. The van der Waals surface area contributed by atoms with Gasteiger partial charge < -0.3 is 5.21 Å². The van der Waals surface area contributed by atoms with Crippen molar-refractivity contribution in [1.29, 1.82) is 0 Å². The summed E-state index contributed by atoms with van der Waals surface area (Å²) in [6, 6.07) is 12.8. The first-order chi connectivity index (χ1) is 9.08. The van der Waals surface area contributed by atoms with E-state index < -0.39 is 4.92 Å². The van der Waals surface area contributed by atoms with E-state index in [1.807, 2.05) is 0 Å². The number of aryl methyl sites for hydroxylation is 1. The first kappa shape index (κ1) is 12.7. The third-order valence-corrected chi connectivity index (χ3v) is 2.57. The lowest BCUT2D eigenvalue weighted by Gasteiger charge is -2.00. The maximum Gasteiger partial charge on any atom is 0.274 e. The third kappa shape index (κ3) is 2.92. The van der Waals surface area contributed by atoms with E-state index >= 15 is 0 Å². The van der Waals surface area contributed by atoms with E-state index in [0.29, 0.717) is 16.1 Å². The van der Waals surface area contributed by atoms with Crippen molar-refractivity contribution in [3.8, 4) is 0 Å². The van der Waals surface area contributed by atoms with Crippen LogP contribution < -0.4 is 0 Å². The van der Waals surface area contributed by atoms with Gasteiger partial charge in [0.05, 0.1) is 4.92 Å². The summed E-state index contributed by atoms with van der Waals surface area (Å²) >= 11 is 0. The molecule has 0 atom stereocenters. The molecule has 0 heterocycles. The minimum atomic E-state index is -0.494. The number of azo groups is 1. The van der Waals surface area contributed by atoms with Crippen LogP contribution in [0, 0.1) is 22.2 Å². The predicted octanol–water partition coefficient (Wildman–Crippen LogP) is 3.83. The summed E-state index contributed by atoms with van der Waals surface area (Å²) < 4.78 is 0. The Kier molecular flexibility index (Phi) is 3.51. The number of benzene rings is 2. The van der Waals surface area contributed by atoms with E-state index in [-0.39, 0.29) is 11.4 Å². The van der Waals surface area contributed by atoms with Crippen molar-refractivity contribution >= 4 is 17.1 Å². The molecule has 2 aromatic carbocycles. The molecule has 0 amide bonds. The van der Waals surface area contributed by atoms with Crippen molar-refractivity contribution in [1.82, 2.24) is 0 Å². The quantitative estimate of drug-likeness (QED) is 0.362. The van der Waals surface area contributed by atoms with E-state index in [2.05, 4.69) is 5.11 Å². The van der Waals surface area contributed by atoms with Gasteiger partial charge in [0.1, 0.15) is 5.69 Å². The summed E-state index contributed by atoms with van der Waals surface area (Å²) in [6.07, 6.45) is 0. The van der Waals surface area contributed by atoms with Gasteiger partial charge >= 0.3 is 0 Å². The van der Waals surface area contributed by atoms with E-state index in [0.717, 1.165) is 0 Å². The average molecular weight is 257 g/mol. The minimum Gasteiger partial charge on any atom is -0.594 e. The van der Waals surface area contributed by atoms with Crippen LogP contribution in [0.3, 0.4) is 0 Å². The average Bonchev–Trinajstić information content (AvgIpc) is 2.41. The number of rotatable bonds is 3. The molecule has 0 fully saturated rings. The molecule has 0 aliphatic rings. The highest BCUT2D eigenvalue weighted by atomic mass is 16.6. The predicted molar refractivity (Wildman–Crippen MR) is 69.7 cm³/mol. The molecular weight excluding hydrogens is 246 g/mol. The normalized spacial score (nSPS) is 11.3. The van der Waals surface area contributed by atoms with Gasteiger partial charge in [-0.15, -0.1) is 0 Å². The van der Waals surface area contributed by atoms with Crippen molar-refractivity contribution in [3.63, 3.8) is 0 Å². The van der Waals surface area contributed by atoms with E-state index in [1.165, 1.54) is 6.07 Å². The SMILES string of the molecule is Cc1ccc(N=[N+]([O-])c2ccccc2)cc1[N+](=O)[O-]. The first-order valence-electron chi connectivity index (χ1n) is 5.57. The number of hydrogen-bond donors (Lipinski definition) is 0. The molecule has 19 heavy (non-hydrogen) atoms. The van der Waals surface area contributed by atoms with Gasteiger partial charge in [-0.1, -0.05) is 29.1 Å². The molecule has 0 saturated heterocycles. The lowest BCUT2D eigenvalue weighted by Crippen LogP contribution is -1.92. The smallest absolute Gasteiger partial charge is 0.274 e. The topological polar surface area (TPSA) is 81.6 Å². The van der Waals surface area contributed by atoms with Crippen LogP contribution >= 0.6 is 0 Å². The van der Waals surface area contributed by atoms with Gasteiger partial charge in [0.2, 0.25) is 5.69 Å². The Morgan fingerprint density at radius 2 is 1.74 bits per heavy atom. The summed E-state index contributed by atoms with van der Waals surface area (Å²) in [6.45, 7) is 1.63. The molecule has 2 rings (SSSR count). The highest BCUT2D eigenvalue weighted by Crippen LogP contribution is 2.25. The van der Waals surface area contributed by atoms with Crippen LogP contribution in [0.2, 0.25) is 0 Å². The third-order valence-electron chi connectivity index (χ3n) is 2.57. The van der Waals surface area contributed by atoms with Gasteiger partial charge in [-0.05, 0) is 13.0 Å². The van der Waals surface area contributed by atoms with E-state index in [9.17, 15) is 15.3 Å². The zero-order chi connectivity index (χ0) is 13.8. The molecule has 0 bridgehead atoms. The Hall–Kier alpha value is -2.76. The molecule has 0 spiro atoms. The molecule has 6 heteroatoms. The highest BCUT2D eigenvalue weighted by Gasteiger charge is 2.12. The maximum atomic E-state index is 11.8. The number of nitro benzene ring substituents is 1. The second-order valence-corrected chi connectivity index (χ2v) is 3.94. The second-order valence-electron chi connectivity index (χ2n) is 3.94. The lowest BCUT2D eigenvalue weighted by molar-refractivity contribution is -0.435. The van der Waals surface area contributed by atoms with Crippen LogP contribution in [0.5, 0.6) is 0 Å². The van der Waals surface area contributed by atoms with Crippen LogP contribution in [0.1, 0.15) is 5.56 Å². The van der Waals surface area contributed by atoms with Crippen molar-refractivity contribution < 1.29 is 9.78 Å². The van der Waals surface area contributed by atoms with Crippen molar-refractivity contribution in [2.24, 2.45) is 5.11 Å².